The van der Waals surface area contributed by atoms with E-state index in [1.807, 2.05) is 26.0 Å². The maximum Gasteiger partial charge on any atom is 0.132 e. The number of rotatable bonds is 2. The van der Waals surface area contributed by atoms with Gasteiger partial charge < -0.3 is 9.52 Å². The largest absolute Gasteiger partial charge is 0.467 e. The highest BCUT2D eigenvalue weighted by Crippen LogP contribution is 2.37. The highest BCUT2D eigenvalue weighted by molar-refractivity contribution is 5.20. The van der Waals surface area contributed by atoms with E-state index in [0.29, 0.717) is 5.76 Å². The molecule has 96 valence electrons. The van der Waals surface area contributed by atoms with E-state index in [9.17, 15) is 5.11 Å². The van der Waals surface area contributed by atoms with Gasteiger partial charge in [-0.05, 0) is 45.2 Å². The minimum atomic E-state index is -0.477. The van der Waals surface area contributed by atoms with Crippen LogP contribution in [0.3, 0.4) is 0 Å². The van der Waals surface area contributed by atoms with Crippen molar-refractivity contribution in [2.45, 2.75) is 53.1 Å². The molecular formula is C15H24O2. The zero-order valence-corrected chi connectivity index (χ0v) is 11.4. The molecule has 2 heteroatoms. The molecule has 2 nitrogen and oxygen atoms in total. The van der Waals surface area contributed by atoms with Crippen molar-refractivity contribution in [1.82, 2.24) is 0 Å². The van der Waals surface area contributed by atoms with E-state index in [-0.39, 0.29) is 5.92 Å². The third kappa shape index (κ3) is 3.22. The van der Waals surface area contributed by atoms with Gasteiger partial charge in [0.05, 0.1) is 6.26 Å². The van der Waals surface area contributed by atoms with Gasteiger partial charge in [0.1, 0.15) is 11.9 Å². The van der Waals surface area contributed by atoms with Crippen molar-refractivity contribution < 1.29 is 9.52 Å². The number of hydrogen-bond acceptors (Lipinski definition) is 2. The molecule has 0 aliphatic heterocycles. The van der Waals surface area contributed by atoms with Crippen LogP contribution in [0.4, 0.5) is 0 Å². The topological polar surface area (TPSA) is 33.4 Å². The van der Waals surface area contributed by atoms with Crippen molar-refractivity contribution in [3.8, 4) is 0 Å². The van der Waals surface area contributed by atoms with Crippen LogP contribution in [0.15, 0.2) is 34.0 Å². The van der Waals surface area contributed by atoms with Gasteiger partial charge in [-0.25, -0.2) is 0 Å². The van der Waals surface area contributed by atoms with Crippen LogP contribution in [-0.4, -0.2) is 5.11 Å². The number of hydrogen-bond donors (Lipinski definition) is 1. The molecule has 0 bridgehead atoms. The molecule has 1 unspecified atom stereocenters. The van der Waals surface area contributed by atoms with Crippen molar-refractivity contribution in [2.75, 3.05) is 0 Å². The molecule has 0 aromatic carbocycles. The summed E-state index contributed by atoms with van der Waals surface area (Å²) in [5, 5.41) is 10.2. The summed E-state index contributed by atoms with van der Waals surface area (Å²) in [6.45, 7) is 8.29. The molecule has 2 atom stereocenters. The van der Waals surface area contributed by atoms with E-state index < -0.39 is 6.10 Å². The van der Waals surface area contributed by atoms with Crippen molar-refractivity contribution >= 4 is 0 Å². The summed E-state index contributed by atoms with van der Waals surface area (Å²) in [4.78, 5) is 0. The first-order valence-corrected chi connectivity index (χ1v) is 6.58. The molecule has 0 saturated heterocycles. The molecule has 17 heavy (non-hydrogen) atoms. The van der Waals surface area contributed by atoms with Gasteiger partial charge in [-0.15, -0.1) is 0 Å². The molecule has 1 aliphatic carbocycles. The molecule has 0 saturated carbocycles. The number of allylic oxidation sites excluding steroid dienone is 1. The lowest BCUT2D eigenvalue weighted by atomic mass is 9.80. The molecule has 0 fully saturated rings. The fourth-order valence-electron chi connectivity index (χ4n) is 2.37. The Hall–Kier alpha value is -1.02. The predicted octanol–water partition coefficient (Wildman–Crippen LogP) is 4.48. The lowest BCUT2D eigenvalue weighted by Gasteiger charge is -2.28. The molecular weight excluding hydrogens is 212 g/mol. The number of furan rings is 1. The van der Waals surface area contributed by atoms with Crippen molar-refractivity contribution in [3.63, 3.8) is 0 Å². The third-order valence-corrected chi connectivity index (χ3v) is 3.51. The summed E-state index contributed by atoms with van der Waals surface area (Å²) >= 11 is 0. The quantitative estimate of drug-likeness (QED) is 0.768. The van der Waals surface area contributed by atoms with Gasteiger partial charge in [-0.2, -0.15) is 0 Å². The molecule has 1 aromatic rings. The van der Waals surface area contributed by atoms with Crippen LogP contribution in [0.1, 0.15) is 58.8 Å². The SMILES string of the molecule is CC.CC1=C(C)C([C@@H](O)c2ccco2)CCC1. The average molecular weight is 236 g/mol. The van der Waals surface area contributed by atoms with Crippen molar-refractivity contribution in [1.29, 1.82) is 0 Å². The highest BCUT2D eigenvalue weighted by atomic mass is 16.4. The zero-order valence-electron chi connectivity index (χ0n) is 11.4. The fraction of sp³-hybridized carbons (Fsp3) is 0.600. The van der Waals surface area contributed by atoms with Gasteiger partial charge in [0.25, 0.3) is 0 Å². The lowest BCUT2D eigenvalue weighted by Crippen LogP contribution is -2.17. The minimum absolute atomic E-state index is 0.241. The third-order valence-electron chi connectivity index (χ3n) is 3.51. The normalized spacial score (nSPS) is 21.8. The van der Waals surface area contributed by atoms with Crippen molar-refractivity contribution in [2.24, 2.45) is 5.92 Å². The Labute approximate surface area is 104 Å². The lowest BCUT2D eigenvalue weighted by molar-refractivity contribution is 0.0934. The van der Waals surface area contributed by atoms with Crippen LogP contribution in [-0.2, 0) is 0 Å². The second-order valence-corrected chi connectivity index (χ2v) is 4.42. The molecule has 2 rings (SSSR count). The first kappa shape index (κ1) is 14.0. The Morgan fingerprint density at radius 3 is 2.65 bits per heavy atom. The number of aliphatic hydroxyl groups is 1. The van der Waals surface area contributed by atoms with Crippen LogP contribution >= 0.6 is 0 Å². The highest BCUT2D eigenvalue weighted by Gasteiger charge is 2.27. The summed E-state index contributed by atoms with van der Waals surface area (Å²) in [6.07, 6.45) is 4.55. The van der Waals surface area contributed by atoms with E-state index in [0.717, 1.165) is 6.42 Å². The van der Waals surface area contributed by atoms with E-state index in [1.54, 1.807) is 6.26 Å². The smallest absolute Gasteiger partial charge is 0.132 e. The number of aliphatic hydroxyl groups excluding tert-OH is 1. The van der Waals surface area contributed by atoms with Gasteiger partial charge in [0.2, 0.25) is 0 Å². The second-order valence-electron chi connectivity index (χ2n) is 4.42. The van der Waals surface area contributed by atoms with E-state index >= 15 is 0 Å². The molecule has 1 N–H and O–H groups in total. The van der Waals surface area contributed by atoms with E-state index in [4.69, 9.17) is 4.42 Å². The Bertz CT molecular complexity index is 349. The minimum Gasteiger partial charge on any atom is -0.467 e. The van der Waals surface area contributed by atoms with Gasteiger partial charge in [0, 0.05) is 5.92 Å². The maximum absolute atomic E-state index is 10.2. The fourth-order valence-corrected chi connectivity index (χ4v) is 2.37. The standard InChI is InChI=1S/C13H18O2.C2H6/c1-9-5-3-6-11(10(9)2)13(14)12-7-4-8-15-12;1-2/h4,7-8,11,13-14H,3,5-6H2,1-2H3;1-2H3/t11?,13-;/m1./s1. The molecule has 0 radical (unpaired) electrons. The summed E-state index contributed by atoms with van der Waals surface area (Å²) < 4.78 is 5.26. The van der Waals surface area contributed by atoms with Gasteiger partial charge >= 0.3 is 0 Å². The Morgan fingerprint density at radius 2 is 2.06 bits per heavy atom. The summed E-state index contributed by atoms with van der Waals surface area (Å²) in [7, 11) is 0. The second kappa shape index (κ2) is 6.65. The molecule has 0 spiro atoms. The van der Waals surface area contributed by atoms with Crippen LogP contribution in [0.5, 0.6) is 0 Å². The maximum atomic E-state index is 10.2. The van der Waals surface area contributed by atoms with Crippen LogP contribution in [0, 0.1) is 5.92 Å². The molecule has 1 aliphatic rings. The monoisotopic (exact) mass is 236 g/mol. The molecule has 1 heterocycles. The first-order valence-electron chi connectivity index (χ1n) is 6.58. The van der Waals surface area contributed by atoms with Gasteiger partial charge in [-0.1, -0.05) is 25.0 Å². The zero-order chi connectivity index (χ0) is 12.8. The molecule has 0 amide bonds. The summed E-state index contributed by atoms with van der Waals surface area (Å²) in [5.74, 6) is 0.930. The molecule has 1 aromatic heterocycles. The Morgan fingerprint density at radius 1 is 1.35 bits per heavy atom. The average Bonchev–Trinajstić information content (AvgIpc) is 2.88. The van der Waals surface area contributed by atoms with Gasteiger partial charge in [-0.3, -0.25) is 0 Å². The van der Waals surface area contributed by atoms with E-state index in [2.05, 4.69) is 13.8 Å². The first-order chi connectivity index (χ1) is 8.20. The van der Waals surface area contributed by atoms with Crippen LogP contribution < -0.4 is 0 Å². The Kier molecular flexibility index (Phi) is 5.49. The van der Waals surface area contributed by atoms with E-state index in [1.165, 1.54) is 24.0 Å². The van der Waals surface area contributed by atoms with Crippen LogP contribution in [0.2, 0.25) is 0 Å². The van der Waals surface area contributed by atoms with Crippen LogP contribution in [0.25, 0.3) is 0 Å². The predicted molar refractivity (Wildman–Crippen MR) is 70.7 cm³/mol. The van der Waals surface area contributed by atoms with Crippen molar-refractivity contribution in [3.05, 3.63) is 35.3 Å². The summed E-state index contributed by atoms with van der Waals surface area (Å²) in [6, 6.07) is 3.68. The van der Waals surface area contributed by atoms with Gasteiger partial charge in [0.15, 0.2) is 0 Å². The Balaban J connectivity index is 0.000000686. The summed E-state index contributed by atoms with van der Waals surface area (Å²) in [5.41, 5.74) is 2.77.